The van der Waals surface area contributed by atoms with E-state index < -0.39 is 6.36 Å². The molecule has 0 bridgehead atoms. The van der Waals surface area contributed by atoms with Gasteiger partial charge in [0.2, 0.25) is 0 Å². The number of hydrogen-bond donors (Lipinski definition) is 1. The van der Waals surface area contributed by atoms with Crippen molar-refractivity contribution in [1.29, 1.82) is 0 Å². The van der Waals surface area contributed by atoms with Crippen molar-refractivity contribution >= 4 is 22.4 Å². The number of para-hydroxylation sites is 2. The number of anilines is 2. The van der Waals surface area contributed by atoms with Gasteiger partial charge in [0.15, 0.2) is 0 Å². The van der Waals surface area contributed by atoms with Crippen molar-refractivity contribution in [3.05, 3.63) is 90.0 Å². The Morgan fingerprint density at radius 2 is 1.75 bits per heavy atom. The molecule has 1 saturated carbocycles. The Morgan fingerprint density at radius 1 is 0.925 bits per heavy atom. The number of nitrogens with zero attached hydrogens (tertiary/aromatic N) is 4. The average Bonchev–Trinajstić information content (AvgIpc) is 2.93. The van der Waals surface area contributed by atoms with E-state index >= 15 is 0 Å². The van der Waals surface area contributed by atoms with Crippen LogP contribution in [0.15, 0.2) is 84.0 Å². The number of hydrogen-bond acceptors (Lipinski definition) is 5. The van der Waals surface area contributed by atoms with Gasteiger partial charge in [0.05, 0.1) is 50.9 Å². The molecular weight excluding hydrogens is 515 g/mol. The highest BCUT2D eigenvalue weighted by atomic mass is 19.4. The third kappa shape index (κ3) is 5.50. The second kappa shape index (κ2) is 10.6. The van der Waals surface area contributed by atoms with Crippen LogP contribution in [0.4, 0.5) is 24.5 Å². The van der Waals surface area contributed by atoms with Gasteiger partial charge in [0, 0.05) is 18.0 Å². The summed E-state index contributed by atoms with van der Waals surface area (Å²) in [5.41, 5.74) is 5.92. The Labute approximate surface area is 229 Å². The highest BCUT2D eigenvalue weighted by Gasteiger charge is 2.31. The molecule has 204 valence electrons. The molecule has 0 radical (unpaired) electrons. The molecule has 9 heteroatoms. The third-order valence-corrected chi connectivity index (χ3v) is 7.18. The lowest BCUT2D eigenvalue weighted by Gasteiger charge is -2.22. The Morgan fingerprint density at radius 3 is 2.55 bits per heavy atom. The van der Waals surface area contributed by atoms with E-state index in [1.165, 1.54) is 18.6 Å². The van der Waals surface area contributed by atoms with E-state index in [2.05, 4.69) is 15.0 Å². The van der Waals surface area contributed by atoms with E-state index in [-0.39, 0.29) is 11.8 Å². The molecule has 0 spiro atoms. The number of rotatable bonds is 5. The van der Waals surface area contributed by atoms with Gasteiger partial charge in [0.25, 0.3) is 0 Å². The summed E-state index contributed by atoms with van der Waals surface area (Å²) in [4.78, 5) is 14.5. The number of halogens is 3. The van der Waals surface area contributed by atoms with Gasteiger partial charge in [-0.15, -0.1) is 13.2 Å². The molecular formula is C31H28F3N5O. The van der Waals surface area contributed by atoms with Gasteiger partial charge in [-0.1, -0.05) is 37.5 Å². The van der Waals surface area contributed by atoms with Gasteiger partial charge in [-0.2, -0.15) is 0 Å². The zero-order chi connectivity index (χ0) is 27.7. The van der Waals surface area contributed by atoms with Crippen LogP contribution >= 0.6 is 0 Å². The molecule has 0 unspecified atom stereocenters. The first-order valence-electron chi connectivity index (χ1n) is 13.4. The predicted octanol–water partition coefficient (Wildman–Crippen LogP) is 7.71. The first-order valence-corrected chi connectivity index (χ1v) is 13.4. The van der Waals surface area contributed by atoms with Crippen molar-refractivity contribution in [3.63, 3.8) is 0 Å². The maximum atomic E-state index is 13.0. The van der Waals surface area contributed by atoms with E-state index in [9.17, 15) is 13.2 Å². The number of aryl methyl sites for hydroxylation is 1. The van der Waals surface area contributed by atoms with Crippen LogP contribution in [-0.4, -0.2) is 26.9 Å². The summed E-state index contributed by atoms with van der Waals surface area (Å²) in [7, 11) is 0. The number of aromatic nitrogens is 3. The lowest BCUT2D eigenvalue weighted by atomic mass is 9.96. The summed E-state index contributed by atoms with van der Waals surface area (Å²) in [6, 6.07) is 21.6. The number of pyridine rings is 1. The van der Waals surface area contributed by atoms with E-state index in [1.54, 1.807) is 18.3 Å². The minimum atomic E-state index is -4.79. The maximum Gasteiger partial charge on any atom is 0.573 e. The Balaban J connectivity index is 1.60. The number of benzene rings is 3. The number of ether oxygens (including phenoxy) is 1. The van der Waals surface area contributed by atoms with Crippen LogP contribution in [-0.2, 0) is 0 Å². The highest BCUT2D eigenvalue weighted by Crippen LogP contribution is 2.33. The maximum absolute atomic E-state index is 13.0. The molecule has 3 aliphatic rings. The van der Waals surface area contributed by atoms with Gasteiger partial charge >= 0.3 is 6.36 Å². The molecule has 2 aromatic carbocycles. The smallest absolute Gasteiger partial charge is 0.406 e. The summed E-state index contributed by atoms with van der Waals surface area (Å²) in [5, 5.41) is 4.29. The molecule has 1 aromatic heterocycles. The van der Waals surface area contributed by atoms with E-state index in [4.69, 9.17) is 9.98 Å². The fraction of sp³-hybridized carbons (Fsp3) is 0.258. The lowest BCUT2D eigenvalue weighted by Crippen LogP contribution is -2.20. The van der Waals surface area contributed by atoms with Crippen LogP contribution in [0.2, 0.25) is 0 Å². The first-order chi connectivity index (χ1) is 19.3. The third-order valence-electron chi connectivity index (χ3n) is 7.18. The van der Waals surface area contributed by atoms with Crippen molar-refractivity contribution in [2.75, 3.05) is 5.32 Å². The Hall–Kier alpha value is -4.40. The van der Waals surface area contributed by atoms with Gasteiger partial charge in [0.1, 0.15) is 5.75 Å². The predicted molar refractivity (Wildman–Crippen MR) is 149 cm³/mol. The largest absolute Gasteiger partial charge is 0.573 e. The molecule has 6 rings (SSSR count). The minimum Gasteiger partial charge on any atom is -0.406 e. The van der Waals surface area contributed by atoms with Gasteiger partial charge in [-0.25, -0.2) is 4.98 Å². The molecule has 6 nitrogen and oxygen atoms in total. The molecule has 1 N–H and O–H groups in total. The standard InChI is InChI=1S/C31H28F3N5O/c1-20-24(14-8-16-35-20)37-26-18-28-30(19-27(26)36-21-9-3-2-4-10-21)39(29-15-6-5-13-25(29)38-28)22-11-7-12-23(17-22)40-31(32,33)34/h5-8,11-19,21,37H,2-4,9-10H2,1H3/b36-27+. The fourth-order valence-corrected chi connectivity index (χ4v) is 5.31. The Kier molecular flexibility index (Phi) is 6.88. The van der Waals surface area contributed by atoms with Gasteiger partial charge in [-0.05, 0) is 68.3 Å². The van der Waals surface area contributed by atoms with Crippen LogP contribution in [0.3, 0.4) is 0 Å². The zero-order valence-electron chi connectivity index (χ0n) is 21.9. The van der Waals surface area contributed by atoms with E-state index in [1.807, 2.05) is 60.0 Å². The number of nitrogens with one attached hydrogen (secondary N) is 1. The number of fused-ring (bicyclic) bond motifs is 2. The fourth-order valence-electron chi connectivity index (χ4n) is 5.31. The monoisotopic (exact) mass is 543 g/mol. The van der Waals surface area contributed by atoms with Gasteiger partial charge in [-0.3, -0.25) is 9.98 Å². The molecule has 1 aliphatic heterocycles. The molecule has 2 aliphatic carbocycles. The topological polar surface area (TPSA) is 64.3 Å². The quantitative estimate of drug-likeness (QED) is 0.231. The van der Waals surface area contributed by atoms with Crippen LogP contribution in [0.25, 0.3) is 28.1 Å². The molecule has 2 heterocycles. The average molecular weight is 544 g/mol. The summed E-state index contributed by atoms with van der Waals surface area (Å²) >= 11 is 0. The van der Waals surface area contributed by atoms with Gasteiger partial charge < -0.3 is 14.6 Å². The lowest BCUT2D eigenvalue weighted by molar-refractivity contribution is -0.274. The van der Waals surface area contributed by atoms with Crippen molar-refractivity contribution in [2.45, 2.75) is 51.4 Å². The SMILES string of the molecule is Cc1ncccc1Nc1cc2nc3ccccc3n(-c3cccc(OC(F)(F)F)c3)c-2c/c1=N\C1CCCCC1. The van der Waals surface area contributed by atoms with Crippen LogP contribution in [0.5, 0.6) is 5.75 Å². The van der Waals surface area contributed by atoms with Crippen molar-refractivity contribution in [1.82, 2.24) is 14.5 Å². The van der Waals surface area contributed by atoms with E-state index in [0.29, 0.717) is 16.9 Å². The minimum absolute atomic E-state index is 0.201. The molecule has 0 atom stereocenters. The first kappa shape index (κ1) is 25.9. The second-order valence-corrected chi connectivity index (χ2v) is 10.0. The second-order valence-electron chi connectivity index (χ2n) is 10.0. The molecule has 3 aromatic rings. The zero-order valence-corrected chi connectivity index (χ0v) is 21.9. The van der Waals surface area contributed by atoms with E-state index in [0.717, 1.165) is 59.3 Å². The summed E-state index contributed by atoms with van der Waals surface area (Å²) in [6.45, 7) is 1.94. The number of alkyl halides is 3. The molecule has 0 saturated heterocycles. The van der Waals surface area contributed by atoms with Crippen molar-refractivity contribution < 1.29 is 17.9 Å². The van der Waals surface area contributed by atoms with Crippen LogP contribution < -0.4 is 15.4 Å². The molecule has 1 fully saturated rings. The normalized spacial score (nSPS) is 15.1. The molecule has 0 amide bonds. The van der Waals surface area contributed by atoms with Crippen LogP contribution in [0, 0.1) is 6.92 Å². The van der Waals surface area contributed by atoms with Crippen LogP contribution in [0.1, 0.15) is 37.8 Å². The summed E-state index contributed by atoms with van der Waals surface area (Å²) < 4.78 is 45.3. The summed E-state index contributed by atoms with van der Waals surface area (Å²) in [6.07, 6.45) is 2.52. The Bertz CT molecular complexity index is 1710. The molecule has 40 heavy (non-hydrogen) atoms. The van der Waals surface area contributed by atoms with Crippen molar-refractivity contribution in [3.8, 4) is 22.8 Å². The highest BCUT2D eigenvalue weighted by molar-refractivity contribution is 5.84. The summed E-state index contributed by atoms with van der Waals surface area (Å²) in [5.74, 6) is -0.288. The van der Waals surface area contributed by atoms with Crippen molar-refractivity contribution in [2.24, 2.45) is 4.99 Å².